The van der Waals surface area contributed by atoms with Crippen LogP contribution in [0.2, 0.25) is 0 Å². The number of hydrogen-bond donors (Lipinski definition) is 0. The molecule has 1 aromatic carbocycles. The SMILES string of the molecule is O=[N+]([O-])c1cc(C(F)(F)F)c(Br)cc1CBr. The Morgan fingerprint density at radius 3 is 2.31 bits per heavy atom. The zero-order valence-electron chi connectivity index (χ0n) is 7.52. The first kappa shape index (κ1) is 13.4. The lowest BCUT2D eigenvalue weighted by molar-refractivity contribution is -0.385. The number of hydrogen-bond acceptors (Lipinski definition) is 2. The topological polar surface area (TPSA) is 43.1 Å². The first-order valence-electron chi connectivity index (χ1n) is 3.87. The molecule has 88 valence electrons. The van der Waals surface area contributed by atoms with Crippen LogP contribution in [0.5, 0.6) is 0 Å². The lowest BCUT2D eigenvalue weighted by Crippen LogP contribution is -2.08. The molecule has 0 fully saturated rings. The number of nitro benzene ring substituents is 1. The van der Waals surface area contributed by atoms with Crippen LogP contribution in [0.1, 0.15) is 11.1 Å². The summed E-state index contributed by atoms with van der Waals surface area (Å²) in [5.74, 6) is 0. The van der Waals surface area contributed by atoms with E-state index in [-0.39, 0.29) is 15.4 Å². The predicted molar refractivity (Wildman–Crippen MR) is 58.4 cm³/mol. The molecule has 0 aliphatic heterocycles. The van der Waals surface area contributed by atoms with Crippen LogP contribution < -0.4 is 0 Å². The minimum Gasteiger partial charge on any atom is -0.258 e. The minimum atomic E-state index is -4.62. The summed E-state index contributed by atoms with van der Waals surface area (Å²) >= 11 is 5.72. The van der Waals surface area contributed by atoms with Gasteiger partial charge in [0.25, 0.3) is 5.69 Å². The highest BCUT2D eigenvalue weighted by Gasteiger charge is 2.35. The Morgan fingerprint density at radius 2 is 1.94 bits per heavy atom. The van der Waals surface area contributed by atoms with E-state index in [1.54, 1.807) is 0 Å². The van der Waals surface area contributed by atoms with Crippen molar-refractivity contribution < 1.29 is 18.1 Å². The van der Waals surface area contributed by atoms with E-state index in [1.165, 1.54) is 0 Å². The van der Waals surface area contributed by atoms with Gasteiger partial charge in [0.05, 0.1) is 10.5 Å². The summed E-state index contributed by atoms with van der Waals surface area (Å²) in [5.41, 5.74) is -1.42. The van der Waals surface area contributed by atoms with Crippen LogP contribution in [-0.4, -0.2) is 4.92 Å². The molecule has 16 heavy (non-hydrogen) atoms. The quantitative estimate of drug-likeness (QED) is 0.448. The van der Waals surface area contributed by atoms with Crippen molar-refractivity contribution >= 4 is 37.5 Å². The molecule has 1 aromatic rings. The number of halogens is 5. The largest absolute Gasteiger partial charge is 0.417 e. The summed E-state index contributed by atoms with van der Waals surface area (Å²) in [6.07, 6.45) is -4.62. The minimum absolute atomic E-state index is 0.111. The molecule has 0 heterocycles. The molecule has 1 rings (SSSR count). The third-order valence-corrected chi connectivity index (χ3v) is 3.07. The maximum atomic E-state index is 12.5. The molecule has 0 aliphatic rings. The van der Waals surface area contributed by atoms with Gasteiger partial charge in [-0.15, -0.1) is 0 Å². The van der Waals surface area contributed by atoms with E-state index in [0.29, 0.717) is 6.07 Å². The molecule has 0 aliphatic carbocycles. The zero-order valence-corrected chi connectivity index (χ0v) is 10.7. The predicted octanol–water partition coefficient (Wildman–Crippen LogP) is 4.27. The fourth-order valence-corrected chi connectivity index (χ4v) is 2.16. The zero-order chi connectivity index (χ0) is 12.5. The third-order valence-electron chi connectivity index (χ3n) is 1.81. The van der Waals surface area contributed by atoms with Crippen LogP contribution in [0.25, 0.3) is 0 Å². The Bertz CT molecular complexity index is 434. The number of nitrogens with zero attached hydrogens (tertiary/aromatic N) is 1. The van der Waals surface area contributed by atoms with Gasteiger partial charge in [-0.3, -0.25) is 10.1 Å². The van der Waals surface area contributed by atoms with Crippen molar-refractivity contribution in [1.82, 2.24) is 0 Å². The second kappa shape index (κ2) is 4.70. The smallest absolute Gasteiger partial charge is 0.258 e. The average Bonchev–Trinajstić information content (AvgIpc) is 2.14. The molecular formula is C8H4Br2F3NO2. The maximum Gasteiger partial charge on any atom is 0.417 e. The summed E-state index contributed by atoms with van der Waals surface area (Å²) in [5, 5.41) is 10.7. The van der Waals surface area contributed by atoms with Gasteiger partial charge in [0.1, 0.15) is 0 Å². The van der Waals surface area contributed by atoms with E-state index in [9.17, 15) is 23.3 Å². The summed E-state index contributed by atoms with van der Waals surface area (Å²) in [7, 11) is 0. The van der Waals surface area contributed by atoms with Crippen LogP contribution in [0.3, 0.4) is 0 Å². The molecule has 0 radical (unpaired) electrons. The average molecular weight is 363 g/mol. The van der Waals surface area contributed by atoms with Crippen molar-refractivity contribution in [3.8, 4) is 0 Å². The van der Waals surface area contributed by atoms with E-state index in [2.05, 4.69) is 31.9 Å². The summed E-state index contributed by atoms with van der Waals surface area (Å²) < 4.78 is 37.2. The van der Waals surface area contributed by atoms with Gasteiger partial charge in [0, 0.05) is 21.4 Å². The second-order valence-corrected chi connectivity index (χ2v) is 4.26. The lowest BCUT2D eigenvalue weighted by Gasteiger charge is -2.10. The highest BCUT2D eigenvalue weighted by Crippen LogP contribution is 2.38. The number of rotatable bonds is 2. The van der Waals surface area contributed by atoms with Crippen LogP contribution in [0.15, 0.2) is 16.6 Å². The van der Waals surface area contributed by atoms with Crippen LogP contribution in [0, 0.1) is 10.1 Å². The van der Waals surface area contributed by atoms with Gasteiger partial charge in [0.15, 0.2) is 0 Å². The van der Waals surface area contributed by atoms with Crippen molar-refractivity contribution in [3.63, 3.8) is 0 Å². The molecule has 0 aromatic heterocycles. The van der Waals surface area contributed by atoms with E-state index in [0.717, 1.165) is 6.07 Å². The van der Waals surface area contributed by atoms with Gasteiger partial charge < -0.3 is 0 Å². The van der Waals surface area contributed by atoms with Crippen LogP contribution in [-0.2, 0) is 11.5 Å². The molecule has 0 bridgehead atoms. The summed E-state index contributed by atoms with van der Waals surface area (Å²) in [6, 6.07) is 1.62. The maximum absolute atomic E-state index is 12.5. The van der Waals surface area contributed by atoms with Gasteiger partial charge in [0.2, 0.25) is 0 Å². The third kappa shape index (κ3) is 2.73. The van der Waals surface area contributed by atoms with Gasteiger partial charge >= 0.3 is 6.18 Å². The first-order valence-corrected chi connectivity index (χ1v) is 5.78. The molecule has 0 saturated heterocycles. The molecule has 0 unspecified atom stereocenters. The molecular weight excluding hydrogens is 359 g/mol. The Labute approximate surface area is 105 Å². The van der Waals surface area contributed by atoms with Gasteiger partial charge in [-0.2, -0.15) is 13.2 Å². The molecule has 0 N–H and O–H groups in total. The number of benzene rings is 1. The fraction of sp³-hybridized carbons (Fsp3) is 0.250. The highest BCUT2D eigenvalue weighted by molar-refractivity contribution is 9.10. The Morgan fingerprint density at radius 1 is 1.38 bits per heavy atom. The molecule has 0 amide bonds. The first-order chi connectivity index (χ1) is 7.27. The van der Waals surface area contributed by atoms with Gasteiger partial charge in [-0.1, -0.05) is 31.9 Å². The number of nitro groups is 1. The highest BCUT2D eigenvalue weighted by atomic mass is 79.9. The van der Waals surface area contributed by atoms with Crippen LogP contribution in [0.4, 0.5) is 18.9 Å². The molecule has 3 nitrogen and oxygen atoms in total. The Kier molecular flexibility index (Phi) is 3.95. The van der Waals surface area contributed by atoms with Gasteiger partial charge in [-0.25, -0.2) is 0 Å². The Balaban J connectivity index is 3.45. The standard InChI is InChI=1S/C8H4Br2F3NO2/c9-3-4-1-6(10)5(8(11,12)13)2-7(4)14(15)16/h1-2H,3H2. The summed E-state index contributed by atoms with van der Waals surface area (Å²) in [4.78, 5) is 9.74. The fourth-order valence-electron chi connectivity index (χ4n) is 1.10. The number of alkyl halides is 4. The van der Waals surface area contributed by atoms with Crippen molar-refractivity contribution in [3.05, 3.63) is 37.8 Å². The lowest BCUT2D eigenvalue weighted by atomic mass is 10.1. The van der Waals surface area contributed by atoms with E-state index in [1.807, 2.05) is 0 Å². The molecule has 0 saturated carbocycles. The van der Waals surface area contributed by atoms with Crippen molar-refractivity contribution in [1.29, 1.82) is 0 Å². The normalized spacial score (nSPS) is 11.6. The monoisotopic (exact) mass is 361 g/mol. The second-order valence-electron chi connectivity index (χ2n) is 2.85. The molecule has 0 spiro atoms. The van der Waals surface area contributed by atoms with Crippen LogP contribution >= 0.6 is 31.9 Å². The summed E-state index contributed by atoms with van der Waals surface area (Å²) in [6.45, 7) is 0. The van der Waals surface area contributed by atoms with Crippen molar-refractivity contribution in [2.45, 2.75) is 11.5 Å². The molecule has 0 atom stereocenters. The van der Waals surface area contributed by atoms with E-state index >= 15 is 0 Å². The molecule has 8 heteroatoms. The van der Waals surface area contributed by atoms with E-state index < -0.39 is 22.4 Å². The van der Waals surface area contributed by atoms with E-state index in [4.69, 9.17) is 0 Å². The van der Waals surface area contributed by atoms with Crippen molar-refractivity contribution in [2.75, 3.05) is 0 Å². The van der Waals surface area contributed by atoms with Gasteiger partial charge in [-0.05, 0) is 6.07 Å². The van der Waals surface area contributed by atoms with Crippen molar-refractivity contribution in [2.24, 2.45) is 0 Å². The Hall–Kier alpha value is -0.630.